The molecule has 2 nitrogen and oxygen atoms in total. The molecule has 0 bridgehead atoms. The molecule has 0 saturated carbocycles. The number of pyridine rings is 2. The third kappa shape index (κ3) is 4.87. The summed E-state index contributed by atoms with van der Waals surface area (Å²) in [6.45, 7) is 4.66. The fraction of sp³-hybridized carbons (Fsp3) is 0.171. The van der Waals surface area contributed by atoms with Gasteiger partial charge >= 0.3 is 0 Å². The molecule has 2 atom stereocenters. The number of hydrogen-bond donors (Lipinski definition) is 0. The molecule has 0 saturated heterocycles. The highest BCUT2D eigenvalue weighted by atomic mass is 14.6. The predicted octanol–water partition coefficient (Wildman–Crippen LogP) is 10.8. The highest BCUT2D eigenvalue weighted by molar-refractivity contribution is 6.02. The summed E-state index contributed by atoms with van der Waals surface area (Å²) >= 11 is 0. The Bertz CT molecular complexity index is 1910. The second kappa shape index (κ2) is 11.8. The molecule has 0 radical (unpaired) electrons. The predicted molar refractivity (Wildman–Crippen MR) is 181 cm³/mol. The van der Waals surface area contributed by atoms with Crippen molar-refractivity contribution in [1.82, 2.24) is 9.97 Å². The number of benzene rings is 3. The first-order valence-corrected chi connectivity index (χ1v) is 15.5. The van der Waals surface area contributed by atoms with Crippen LogP contribution in [0.25, 0.3) is 38.6 Å². The molecule has 0 amide bonds. The molecule has 0 N–H and O–H groups in total. The molecule has 0 aliphatic heterocycles. The summed E-state index contributed by atoms with van der Waals surface area (Å²) in [6.07, 6.45) is 20.3. The van der Waals surface area contributed by atoms with E-state index in [-0.39, 0.29) is 0 Å². The molecule has 0 fully saturated rings. The molecule has 2 heterocycles. The van der Waals surface area contributed by atoms with E-state index < -0.39 is 0 Å². The third-order valence-electron chi connectivity index (χ3n) is 9.12. The van der Waals surface area contributed by atoms with Gasteiger partial charge in [0.15, 0.2) is 0 Å². The van der Waals surface area contributed by atoms with Crippen LogP contribution in [0.15, 0.2) is 151 Å². The largest absolute Gasteiger partial charge is 0.265 e. The Kier molecular flexibility index (Phi) is 7.43. The van der Waals surface area contributed by atoms with Crippen molar-refractivity contribution in [2.45, 2.75) is 39.0 Å². The lowest BCUT2D eigenvalue weighted by Crippen LogP contribution is -2.23. The minimum atomic E-state index is 0.302. The zero-order chi connectivity index (χ0) is 29.2. The molecule has 7 rings (SSSR count). The fourth-order valence-corrected chi connectivity index (χ4v) is 7.21. The van der Waals surface area contributed by atoms with Gasteiger partial charge in [-0.3, -0.25) is 9.97 Å². The van der Waals surface area contributed by atoms with Gasteiger partial charge in [0.1, 0.15) is 0 Å². The van der Waals surface area contributed by atoms with Crippen molar-refractivity contribution in [1.29, 1.82) is 0 Å². The van der Waals surface area contributed by atoms with Crippen LogP contribution in [-0.2, 0) is 0 Å². The van der Waals surface area contributed by atoms with Crippen molar-refractivity contribution in [2.24, 2.45) is 5.92 Å². The molecule has 2 aliphatic rings. The summed E-state index contributed by atoms with van der Waals surface area (Å²) in [5.41, 5.74) is 13.2. The quantitative estimate of drug-likeness (QED) is 0.208. The van der Waals surface area contributed by atoms with Gasteiger partial charge in [0.05, 0.1) is 0 Å². The number of hydrogen-bond acceptors (Lipinski definition) is 2. The molecular weight excluding hydrogens is 520 g/mol. The van der Waals surface area contributed by atoms with Crippen LogP contribution in [0, 0.1) is 5.92 Å². The van der Waals surface area contributed by atoms with Gasteiger partial charge in [0.25, 0.3) is 0 Å². The van der Waals surface area contributed by atoms with Gasteiger partial charge in [0, 0.05) is 36.3 Å². The third-order valence-corrected chi connectivity index (χ3v) is 9.12. The molecule has 3 aromatic carbocycles. The Balaban J connectivity index is 1.44. The molecule has 5 aromatic rings. The number of fused-ring (bicyclic) bond motifs is 1. The Morgan fingerprint density at radius 1 is 0.744 bits per heavy atom. The number of nitrogens with zero attached hydrogens (tertiary/aromatic N) is 2. The van der Waals surface area contributed by atoms with E-state index in [9.17, 15) is 0 Å². The lowest BCUT2D eigenvalue weighted by Gasteiger charge is -2.38. The van der Waals surface area contributed by atoms with E-state index in [1.54, 1.807) is 5.57 Å². The van der Waals surface area contributed by atoms with Crippen molar-refractivity contribution < 1.29 is 0 Å². The molecule has 0 spiro atoms. The van der Waals surface area contributed by atoms with Gasteiger partial charge in [-0.25, -0.2) is 0 Å². The van der Waals surface area contributed by atoms with Crippen LogP contribution in [0.1, 0.15) is 50.2 Å². The normalized spacial score (nSPS) is 18.5. The smallest absolute Gasteiger partial charge is 0.0352 e. The van der Waals surface area contributed by atoms with Crippen LogP contribution >= 0.6 is 0 Å². The van der Waals surface area contributed by atoms with E-state index in [0.717, 1.165) is 30.4 Å². The molecule has 43 heavy (non-hydrogen) atoms. The Morgan fingerprint density at radius 3 is 2.37 bits per heavy atom. The summed E-state index contributed by atoms with van der Waals surface area (Å²) in [7, 11) is 0. The number of rotatable bonds is 6. The lowest BCUT2D eigenvalue weighted by atomic mass is 9.65. The van der Waals surface area contributed by atoms with Crippen molar-refractivity contribution in [3.05, 3.63) is 162 Å². The van der Waals surface area contributed by atoms with Crippen molar-refractivity contribution in [3.63, 3.8) is 0 Å². The minimum absolute atomic E-state index is 0.302. The van der Waals surface area contributed by atoms with E-state index in [2.05, 4.69) is 133 Å². The fourth-order valence-electron chi connectivity index (χ4n) is 7.21. The Hall–Kier alpha value is -4.82. The van der Waals surface area contributed by atoms with Gasteiger partial charge in [-0.2, -0.15) is 0 Å². The average molecular weight is 557 g/mol. The topological polar surface area (TPSA) is 25.8 Å². The van der Waals surface area contributed by atoms with Crippen LogP contribution < -0.4 is 0 Å². The van der Waals surface area contributed by atoms with Gasteiger partial charge in [0.2, 0.25) is 0 Å². The van der Waals surface area contributed by atoms with Gasteiger partial charge < -0.3 is 0 Å². The maximum absolute atomic E-state index is 4.56. The van der Waals surface area contributed by atoms with Crippen molar-refractivity contribution in [3.8, 4) is 22.3 Å². The van der Waals surface area contributed by atoms with Crippen LogP contribution in [0.5, 0.6) is 0 Å². The minimum Gasteiger partial charge on any atom is -0.265 e. The Labute approximate surface area is 254 Å². The summed E-state index contributed by atoms with van der Waals surface area (Å²) in [4.78, 5) is 8.81. The van der Waals surface area contributed by atoms with E-state index in [0.29, 0.717) is 11.8 Å². The van der Waals surface area contributed by atoms with Gasteiger partial charge in [-0.1, -0.05) is 110 Å². The molecule has 2 unspecified atom stereocenters. The van der Waals surface area contributed by atoms with Crippen LogP contribution in [0.4, 0.5) is 0 Å². The van der Waals surface area contributed by atoms with Crippen LogP contribution in [-0.4, -0.2) is 9.97 Å². The maximum Gasteiger partial charge on any atom is 0.0352 e. The molecule has 2 aromatic heterocycles. The lowest BCUT2D eigenvalue weighted by molar-refractivity contribution is 0.565. The first kappa shape index (κ1) is 27.0. The van der Waals surface area contributed by atoms with Crippen LogP contribution in [0.2, 0.25) is 0 Å². The summed E-state index contributed by atoms with van der Waals surface area (Å²) in [6, 6.07) is 30.9. The zero-order valence-corrected chi connectivity index (χ0v) is 24.9. The van der Waals surface area contributed by atoms with Gasteiger partial charge in [-0.15, -0.1) is 0 Å². The first-order chi connectivity index (χ1) is 21.3. The first-order valence-electron chi connectivity index (χ1n) is 15.5. The van der Waals surface area contributed by atoms with E-state index in [1.807, 2.05) is 24.8 Å². The van der Waals surface area contributed by atoms with Crippen molar-refractivity contribution in [2.75, 3.05) is 0 Å². The Morgan fingerprint density at radius 2 is 1.53 bits per heavy atom. The highest BCUT2D eigenvalue weighted by Crippen LogP contribution is 2.52. The van der Waals surface area contributed by atoms with E-state index >= 15 is 0 Å². The number of allylic oxidation sites excluding steroid dienone is 8. The molecule has 210 valence electrons. The summed E-state index contributed by atoms with van der Waals surface area (Å²) in [5.74, 6) is 0.639. The standard InChI is InChI=1S/C41H36N2/c1-3-4-14-31-28(2)40(37-15-8-9-16-38(37)41(31)30-12-6-5-7-13-30)36-20-11-17-33-34(36)18-10-19-35(33)39-27-43-26-23-32(39)29-21-24-42-25-22-29/h4-7,9-14,16-28,40H,3,8,15H2,1-2H3/b14-4-. The number of aromatic nitrogens is 2. The zero-order valence-electron chi connectivity index (χ0n) is 24.9. The summed E-state index contributed by atoms with van der Waals surface area (Å²) < 4.78 is 0. The van der Waals surface area contributed by atoms with Crippen molar-refractivity contribution >= 4 is 16.3 Å². The SMILES string of the molecule is CC/C=C\C1=C(c2ccccc2)C2=C(CCC=C2)C(c2cccc3c(-c4cnccc4-c4ccncc4)cccc23)C1C. The molecular formula is C41H36N2. The molecule has 2 heteroatoms. The molecule has 2 aliphatic carbocycles. The van der Waals surface area contributed by atoms with Crippen LogP contribution in [0.3, 0.4) is 0 Å². The van der Waals surface area contributed by atoms with E-state index in [1.165, 1.54) is 49.7 Å². The average Bonchev–Trinajstić information content (AvgIpc) is 3.07. The maximum atomic E-state index is 4.56. The van der Waals surface area contributed by atoms with E-state index in [4.69, 9.17) is 0 Å². The van der Waals surface area contributed by atoms with Gasteiger partial charge in [-0.05, 0) is 98.7 Å². The summed E-state index contributed by atoms with van der Waals surface area (Å²) in [5, 5.41) is 2.59. The monoisotopic (exact) mass is 556 g/mol. The highest BCUT2D eigenvalue weighted by Gasteiger charge is 2.36. The second-order valence-corrected chi connectivity index (χ2v) is 11.6. The second-order valence-electron chi connectivity index (χ2n) is 11.6.